The maximum absolute atomic E-state index is 12.0. The molecule has 2 heteroatoms. The second-order valence-corrected chi connectivity index (χ2v) is 6.31. The Morgan fingerprint density at radius 3 is 2.59 bits per heavy atom. The SMILES string of the molecule is C=C(C)[C@@H]1CC[C@H](C)[C@]12C[C@@H](C(C)C)C(=O)O2. The summed E-state index contributed by atoms with van der Waals surface area (Å²) in [7, 11) is 0. The third kappa shape index (κ3) is 1.82. The average molecular weight is 236 g/mol. The molecule has 1 aliphatic carbocycles. The molecular weight excluding hydrogens is 212 g/mol. The zero-order chi connectivity index (χ0) is 12.8. The molecule has 0 aromatic carbocycles. The van der Waals surface area contributed by atoms with Gasteiger partial charge in [-0.2, -0.15) is 0 Å². The third-order valence-electron chi connectivity index (χ3n) is 4.84. The summed E-state index contributed by atoms with van der Waals surface area (Å²) in [5.41, 5.74) is 0.934. The van der Waals surface area contributed by atoms with Crippen LogP contribution >= 0.6 is 0 Å². The molecule has 1 spiro atoms. The van der Waals surface area contributed by atoms with Crippen LogP contribution in [0.5, 0.6) is 0 Å². The van der Waals surface area contributed by atoms with Gasteiger partial charge in [0.2, 0.25) is 0 Å². The van der Waals surface area contributed by atoms with Crippen molar-refractivity contribution in [3.8, 4) is 0 Å². The normalized spacial score (nSPS) is 41.2. The lowest BCUT2D eigenvalue weighted by molar-refractivity contribution is -0.155. The number of rotatable bonds is 2. The maximum Gasteiger partial charge on any atom is 0.309 e. The van der Waals surface area contributed by atoms with E-state index in [0.717, 1.165) is 19.3 Å². The predicted molar refractivity (Wildman–Crippen MR) is 68.5 cm³/mol. The first-order valence-electron chi connectivity index (χ1n) is 6.76. The highest BCUT2D eigenvalue weighted by atomic mass is 16.6. The van der Waals surface area contributed by atoms with Gasteiger partial charge >= 0.3 is 5.97 Å². The molecule has 1 saturated carbocycles. The lowest BCUT2D eigenvalue weighted by Gasteiger charge is -2.34. The number of carbonyl (C=O) groups is 1. The van der Waals surface area contributed by atoms with Gasteiger partial charge in [-0.05, 0) is 31.6 Å². The van der Waals surface area contributed by atoms with Crippen LogP contribution in [0.3, 0.4) is 0 Å². The highest BCUT2D eigenvalue weighted by Gasteiger charge is 2.58. The largest absolute Gasteiger partial charge is 0.458 e. The Hall–Kier alpha value is -0.790. The van der Waals surface area contributed by atoms with Crippen molar-refractivity contribution in [3.05, 3.63) is 12.2 Å². The lowest BCUT2D eigenvalue weighted by atomic mass is 9.75. The van der Waals surface area contributed by atoms with Gasteiger partial charge in [-0.15, -0.1) is 0 Å². The molecule has 2 fully saturated rings. The van der Waals surface area contributed by atoms with E-state index in [1.807, 2.05) is 0 Å². The minimum absolute atomic E-state index is 0.0139. The first kappa shape index (κ1) is 12.7. The van der Waals surface area contributed by atoms with Crippen LogP contribution in [0.4, 0.5) is 0 Å². The molecule has 0 amide bonds. The van der Waals surface area contributed by atoms with E-state index in [9.17, 15) is 4.79 Å². The van der Waals surface area contributed by atoms with Crippen LogP contribution in [0.2, 0.25) is 0 Å². The van der Waals surface area contributed by atoms with Crippen molar-refractivity contribution in [2.75, 3.05) is 0 Å². The molecule has 0 aromatic heterocycles. The van der Waals surface area contributed by atoms with E-state index in [-0.39, 0.29) is 17.5 Å². The molecule has 1 saturated heterocycles. The van der Waals surface area contributed by atoms with Crippen molar-refractivity contribution in [1.29, 1.82) is 0 Å². The molecule has 2 nitrogen and oxygen atoms in total. The third-order valence-corrected chi connectivity index (χ3v) is 4.84. The Kier molecular flexibility index (Phi) is 3.09. The van der Waals surface area contributed by atoms with E-state index >= 15 is 0 Å². The highest BCUT2D eigenvalue weighted by molar-refractivity contribution is 5.76. The molecule has 4 atom stereocenters. The van der Waals surface area contributed by atoms with Gasteiger partial charge in [-0.1, -0.05) is 32.9 Å². The van der Waals surface area contributed by atoms with Gasteiger partial charge in [0.05, 0.1) is 5.92 Å². The molecule has 0 aromatic rings. The van der Waals surface area contributed by atoms with Crippen molar-refractivity contribution < 1.29 is 9.53 Å². The zero-order valence-corrected chi connectivity index (χ0v) is 11.5. The summed E-state index contributed by atoms with van der Waals surface area (Å²) in [5.74, 6) is 1.31. The maximum atomic E-state index is 12.0. The number of carbonyl (C=O) groups excluding carboxylic acids is 1. The first-order chi connectivity index (χ1) is 7.88. The van der Waals surface area contributed by atoms with Crippen molar-refractivity contribution in [3.63, 3.8) is 0 Å². The monoisotopic (exact) mass is 236 g/mol. The Balaban J connectivity index is 2.30. The van der Waals surface area contributed by atoms with Gasteiger partial charge < -0.3 is 4.74 Å². The van der Waals surface area contributed by atoms with Gasteiger partial charge in [0.15, 0.2) is 0 Å². The lowest BCUT2D eigenvalue weighted by Crippen LogP contribution is -2.39. The molecule has 2 rings (SSSR count). The molecule has 0 N–H and O–H groups in total. The van der Waals surface area contributed by atoms with Crippen LogP contribution < -0.4 is 0 Å². The van der Waals surface area contributed by atoms with Crippen LogP contribution in [0, 0.1) is 23.7 Å². The van der Waals surface area contributed by atoms with Crippen LogP contribution in [0.25, 0.3) is 0 Å². The Bertz CT molecular complexity index is 345. The van der Waals surface area contributed by atoms with Crippen molar-refractivity contribution in [2.45, 2.75) is 52.6 Å². The second kappa shape index (κ2) is 4.15. The van der Waals surface area contributed by atoms with Crippen molar-refractivity contribution in [2.24, 2.45) is 23.7 Å². The summed E-state index contributed by atoms with van der Waals surface area (Å²) in [6, 6.07) is 0. The van der Waals surface area contributed by atoms with Gasteiger partial charge in [0, 0.05) is 12.3 Å². The van der Waals surface area contributed by atoms with E-state index in [2.05, 4.69) is 34.3 Å². The van der Waals surface area contributed by atoms with Crippen LogP contribution in [-0.2, 0) is 9.53 Å². The Labute approximate surface area is 104 Å². The number of hydrogen-bond acceptors (Lipinski definition) is 2. The molecular formula is C15H24O2. The smallest absolute Gasteiger partial charge is 0.309 e. The number of hydrogen-bond donors (Lipinski definition) is 0. The molecule has 17 heavy (non-hydrogen) atoms. The molecule has 0 unspecified atom stereocenters. The topological polar surface area (TPSA) is 26.3 Å². The summed E-state index contributed by atoms with van der Waals surface area (Å²) in [5, 5.41) is 0. The van der Waals surface area contributed by atoms with E-state index in [4.69, 9.17) is 4.74 Å². The van der Waals surface area contributed by atoms with Gasteiger partial charge in [0.1, 0.15) is 5.60 Å². The molecule has 1 aliphatic heterocycles. The van der Waals surface area contributed by atoms with Gasteiger partial charge in [0.25, 0.3) is 0 Å². The highest BCUT2D eigenvalue weighted by Crippen LogP contribution is 2.54. The van der Waals surface area contributed by atoms with E-state index < -0.39 is 0 Å². The van der Waals surface area contributed by atoms with E-state index in [0.29, 0.717) is 17.8 Å². The molecule has 0 radical (unpaired) electrons. The fourth-order valence-corrected chi connectivity index (χ4v) is 3.67. The minimum atomic E-state index is -0.238. The number of esters is 1. The average Bonchev–Trinajstić information content (AvgIpc) is 2.71. The zero-order valence-electron chi connectivity index (χ0n) is 11.5. The summed E-state index contributed by atoms with van der Waals surface area (Å²) in [6.07, 6.45) is 3.16. The fourth-order valence-electron chi connectivity index (χ4n) is 3.67. The van der Waals surface area contributed by atoms with Crippen molar-refractivity contribution >= 4 is 5.97 Å². The summed E-state index contributed by atoms with van der Waals surface area (Å²) in [4.78, 5) is 12.0. The summed E-state index contributed by atoms with van der Waals surface area (Å²) in [6.45, 7) is 12.6. The standard InChI is InChI=1S/C15H24O2/c1-9(2)12-8-15(17-14(12)16)11(5)6-7-13(15)10(3)4/h9,11-13H,3,6-8H2,1-2,4-5H3/t11-,12-,13-,15+/m0/s1. The minimum Gasteiger partial charge on any atom is -0.458 e. The van der Waals surface area contributed by atoms with E-state index in [1.54, 1.807) is 0 Å². The van der Waals surface area contributed by atoms with E-state index in [1.165, 1.54) is 5.57 Å². The van der Waals surface area contributed by atoms with Crippen molar-refractivity contribution in [1.82, 2.24) is 0 Å². The molecule has 1 heterocycles. The summed E-state index contributed by atoms with van der Waals surface area (Å²) >= 11 is 0. The quantitative estimate of drug-likeness (QED) is 0.541. The Morgan fingerprint density at radius 1 is 1.47 bits per heavy atom. The Morgan fingerprint density at radius 2 is 2.12 bits per heavy atom. The molecule has 2 aliphatic rings. The van der Waals surface area contributed by atoms with Crippen LogP contribution in [0.15, 0.2) is 12.2 Å². The molecule has 0 bridgehead atoms. The summed E-state index contributed by atoms with van der Waals surface area (Å²) < 4.78 is 5.87. The van der Waals surface area contributed by atoms with Crippen LogP contribution in [-0.4, -0.2) is 11.6 Å². The number of ether oxygens (including phenoxy) is 1. The van der Waals surface area contributed by atoms with Crippen LogP contribution in [0.1, 0.15) is 47.0 Å². The second-order valence-electron chi connectivity index (χ2n) is 6.31. The van der Waals surface area contributed by atoms with Gasteiger partial charge in [-0.25, -0.2) is 0 Å². The van der Waals surface area contributed by atoms with Gasteiger partial charge in [-0.3, -0.25) is 4.79 Å². The fraction of sp³-hybridized carbons (Fsp3) is 0.800. The molecule has 96 valence electrons. The predicted octanol–water partition coefficient (Wildman–Crippen LogP) is 3.57. The first-order valence-corrected chi connectivity index (χ1v) is 6.76.